The van der Waals surface area contributed by atoms with Crippen molar-refractivity contribution in [1.82, 2.24) is 0 Å². The lowest BCUT2D eigenvalue weighted by atomic mass is 9.77. The van der Waals surface area contributed by atoms with E-state index in [0.717, 1.165) is 17.6 Å². The molecular weight excluding hydrogens is 192 g/mol. The summed E-state index contributed by atoms with van der Waals surface area (Å²) in [7, 11) is 0. The second kappa shape index (κ2) is 2.19. The monoisotopic (exact) mass is 202 g/mol. The van der Waals surface area contributed by atoms with Crippen LogP contribution in [0, 0.1) is 0 Å². The zero-order valence-corrected chi connectivity index (χ0v) is 8.08. The standard InChI is InChI=1S/C8H11BrO/c1-5(2)6-4-8(3,9)7(6)10/h4H2,1-3H3. The van der Waals surface area contributed by atoms with Crippen LogP contribution in [0.3, 0.4) is 0 Å². The van der Waals surface area contributed by atoms with E-state index >= 15 is 0 Å². The van der Waals surface area contributed by atoms with Crippen LogP contribution in [0.25, 0.3) is 0 Å². The first-order chi connectivity index (χ1) is 4.45. The number of alkyl halides is 1. The quantitative estimate of drug-likeness (QED) is 0.436. The third-order valence-electron chi connectivity index (χ3n) is 1.86. The van der Waals surface area contributed by atoms with Gasteiger partial charge in [-0.05, 0) is 32.8 Å². The molecule has 0 aliphatic heterocycles. The van der Waals surface area contributed by atoms with Gasteiger partial charge >= 0.3 is 0 Å². The number of rotatable bonds is 0. The molecule has 56 valence electrons. The van der Waals surface area contributed by atoms with Crippen molar-refractivity contribution >= 4 is 21.7 Å². The van der Waals surface area contributed by atoms with Crippen LogP contribution >= 0.6 is 15.9 Å². The number of halogens is 1. The summed E-state index contributed by atoms with van der Waals surface area (Å²) in [5.74, 6) is 0.257. The maximum absolute atomic E-state index is 11.2. The summed E-state index contributed by atoms with van der Waals surface area (Å²) in [6.45, 7) is 5.88. The molecule has 10 heavy (non-hydrogen) atoms. The van der Waals surface area contributed by atoms with Crippen molar-refractivity contribution in [2.24, 2.45) is 0 Å². The van der Waals surface area contributed by atoms with Gasteiger partial charge in [-0.2, -0.15) is 0 Å². The van der Waals surface area contributed by atoms with E-state index in [1.54, 1.807) is 0 Å². The number of allylic oxidation sites excluding steroid dienone is 2. The van der Waals surface area contributed by atoms with Gasteiger partial charge in [-0.3, -0.25) is 4.79 Å². The smallest absolute Gasteiger partial charge is 0.175 e. The van der Waals surface area contributed by atoms with Crippen LogP contribution in [0.1, 0.15) is 27.2 Å². The lowest BCUT2D eigenvalue weighted by molar-refractivity contribution is -0.120. The molecule has 0 bridgehead atoms. The Bertz CT molecular complexity index is 209. The van der Waals surface area contributed by atoms with Crippen molar-refractivity contribution in [3.63, 3.8) is 0 Å². The molecule has 1 aliphatic carbocycles. The van der Waals surface area contributed by atoms with Crippen LogP contribution in [-0.2, 0) is 4.79 Å². The van der Waals surface area contributed by atoms with Crippen molar-refractivity contribution in [3.05, 3.63) is 11.1 Å². The van der Waals surface area contributed by atoms with Crippen LogP contribution in [0.4, 0.5) is 0 Å². The van der Waals surface area contributed by atoms with Crippen molar-refractivity contribution in [3.8, 4) is 0 Å². The maximum atomic E-state index is 11.2. The Hall–Kier alpha value is -0.110. The van der Waals surface area contributed by atoms with E-state index in [9.17, 15) is 4.79 Å². The molecule has 0 aromatic heterocycles. The Balaban J connectivity index is 2.83. The van der Waals surface area contributed by atoms with Crippen LogP contribution in [0.2, 0.25) is 0 Å². The van der Waals surface area contributed by atoms with Gasteiger partial charge in [0.25, 0.3) is 0 Å². The molecule has 0 saturated heterocycles. The summed E-state index contributed by atoms with van der Waals surface area (Å²) < 4.78 is -0.250. The molecule has 0 radical (unpaired) electrons. The summed E-state index contributed by atoms with van der Waals surface area (Å²) in [5, 5.41) is 0. The molecule has 0 heterocycles. The molecule has 0 aromatic rings. The number of hydrogen-bond donors (Lipinski definition) is 0. The van der Waals surface area contributed by atoms with E-state index < -0.39 is 0 Å². The summed E-state index contributed by atoms with van der Waals surface area (Å²) in [6, 6.07) is 0. The van der Waals surface area contributed by atoms with Crippen molar-refractivity contribution in [2.75, 3.05) is 0 Å². The molecule has 2 heteroatoms. The Kier molecular flexibility index (Phi) is 1.75. The lowest BCUT2D eigenvalue weighted by Crippen LogP contribution is -2.42. The molecule has 0 spiro atoms. The van der Waals surface area contributed by atoms with E-state index in [1.165, 1.54) is 0 Å². The van der Waals surface area contributed by atoms with Gasteiger partial charge in [-0.25, -0.2) is 0 Å². The van der Waals surface area contributed by atoms with E-state index in [0.29, 0.717) is 0 Å². The molecule has 0 amide bonds. The van der Waals surface area contributed by atoms with Gasteiger partial charge in [-0.1, -0.05) is 21.5 Å². The fourth-order valence-electron chi connectivity index (χ4n) is 1.10. The molecule has 0 aromatic carbocycles. The van der Waals surface area contributed by atoms with Crippen LogP contribution in [0.15, 0.2) is 11.1 Å². The van der Waals surface area contributed by atoms with Crippen LogP contribution in [-0.4, -0.2) is 10.1 Å². The summed E-state index contributed by atoms with van der Waals surface area (Å²) in [6.07, 6.45) is 0.883. The molecule has 1 rings (SSSR count). The second-order valence-electron chi connectivity index (χ2n) is 3.18. The first-order valence-electron chi connectivity index (χ1n) is 3.35. The highest BCUT2D eigenvalue weighted by molar-refractivity contribution is 9.10. The minimum Gasteiger partial charge on any atom is -0.293 e. The molecule has 1 nitrogen and oxygen atoms in total. The zero-order valence-electron chi connectivity index (χ0n) is 6.49. The van der Waals surface area contributed by atoms with E-state index in [1.807, 2.05) is 20.8 Å². The van der Waals surface area contributed by atoms with Crippen LogP contribution < -0.4 is 0 Å². The highest BCUT2D eigenvalue weighted by Crippen LogP contribution is 2.41. The maximum Gasteiger partial charge on any atom is 0.175 e. The number of ketones is 1. The van der Waals surface area contributed by atoms with E-state index in [-0.39, 0.29) is 10.1 Å². The summed E-state index contributed by atoms with van der Waals surface area (Å²) in [4.78, 5) is 11.2. The van der Waals surface area contributed by atoms with Crippen molar-refractivity contribution in [1.29, 1.82) is 0 Å². The average molecular weight is 203 g/mol. The second-order valence-corrected chi connectivity index (χ2v) is 4.93. The first-order valence-corrected chi connectivity index (χ1v) is 4.14. The van der Waals surface area contributed by atoms with Gasteiger partial charge < -0.3 is 0 Å². The number of hydrogen-bond acceptors (Lipinski definition) is 1. The number of Topliss-reactive ketones (excluding diaryl/α,β-unsaturated/α-hetero) is 1. The van der Waals surface area contributed by atoms with Gasteiger partial charge in [0.1, 0.15) is 0 Å². The third kappa shape index (κ3) is 1.05. The average Bonchev–Trinajstić information content (AvgIpc) is 1.82. The Morgan fingerprint density at radius 3 is 2.20 bits per heavy atom. The molecule has 1 aliphatic rings. The van der Waals surface area contributed by atoms with Crippen molar-refractivity contribution < 1.29 is 4.79 Å². The molecule has 1 unspecified atom stereocenters. The largest absolute Gasteiger partial charge is 0.293 e. The highest BCUT2D eigenvalue weighted by Gasteiger charge is 2.43. The predicted octanol–water partition coefficient (Wildman–Crippen LogP) is 2.45. The molecule has 1 saturated carbocycles. The molecule has 1 fully saturated rings. The SMILES string of the molecule is CC(C)=C1CC(C)(Br)C1=O. The molecular formula is C8H11BrO. The van der Waals surface area contributed by atoms with E-state index in [2.05, 4.69) is 15.9 Å². The first kappa shape index (κ1) is 7.99. The minimum atomic E-state index is -0.250. The Labute approximate surface area is 69.6 Å². The van der Waals surface area contributed by atoms with E-state index in [4.69, 9.17) is 0 Å². The predicted molar refractivity (Wildman–Crippen MR) is 45.3 cm³/mol. The van der Waals surface area contributed by atoms with Gasteiger partial charge in [0.05, 0.1) is 4.32 Å². The highest BCUT2D eigenvalue weighted by atomic mass is 79.9. The Morgan fingerprint density at radius 1 is 1.60 bits per heavy atom. The van der Waals surface area contributed by atoms with Crippen LogP contribution in [0.5, 0.6) is 0 Å². The van der Waals surface area contributed by atoms with Gasteiger partial charge in [0, 0.05) is 0 Å². The number of carbonyl (C=O) groups excluding carboxylic acids is 1. The van der Waals surface area contributed by atoms with Gasteiger partial charge in [0.2, 0.25) is 0 Å². The zero-order chi connectivity index (χ0) is 7.94. The summed E-state index contributed by atoms with van der Waals surface area (Å²) in [5.41, 5.74) is 2.15. The minimum absolute atomic E-state index is 0.250. The van der Waals surface area contributed by atoms with Crippen molar-refractivity contribution in [2.45, 2.75) is 31.5 Å². The number of carbonyl (C=O) groups is 1. The molecule has 1 atom stereocenters. The van der Waals surface area contributed by atoms with Gasteiger partial charge in [-0.15, -0.1) is 0 Å². The fourth-order valence-corrected chi connectivity index (χ4v) is 1.62. The van der Waals surface area contributed by atoms with Gasteiger partial charge in [0.15, 0.2) is 5.78 Å². The normalized spacial score (nSPS) is 32.0. The fraction of sp³-hybridized carbons (Fsp3) is 0.625. The summed E-state index contributed by atoms with van der Waals surface area (Å²) >= 11 is 3.35. The Morgan fingerprint density at radius 2 is 2.10 bits per heavy atom. The molecule has 0 N–H and O–H groups in total. The lowest BCUT2D eigenvalue weighted by Gasteiger charge is -2.34. The topological polar surface area (TPSA) is 17.1 Å². The third-order valence-corrected chi connectivity index (χ3v) is 2.50.